The quantitative estimate of drug-likeness (QED) is 0.489. The maximum atomic E-state index is 10.2. The fraction of sp³-hybridized carbons (Fsp3) is 1.00. The van der Waals surface area contributed by atoms with Crippen molar-refractivity contribution in [1.82, 2.24) is 0 Å². The smallest absolute Gasteiger partial charge is 0.376 e. The molecule has 0 aromatic carbocycles. The van der Waals surface area contributed by atoms with E-state index in [9.17, 15) is 4.57 Å². The molecule has 1 unspecified atom stereocenters. The molecule has 0 amide bonds. The second kappa shape index (κ2) is 6.96. The van der Waals surface area contributed by atoms with Crippen LogP contribution in [0.15, 0.2) is 0 Å². The summed E-state index contributed by atoms with van der Waals surface area (Å²) >= 11 is 0. The third kappa shape index (κ3) is 6.68. The summed E-state index contributed by atoms with van der Waals surface area (Å²) in [4.78, 5) is 8.37. The molecule has 0 aliphatic rings. The van der Waals surface area contributed by atoms with E-state index in [1.807, 2.05) is 0 Å². The first-order valence-electron chi connectivity index (χ1n) is 3.33. The van der Waals surface area contributed by atoms with Crippen LogP contribution in [-0.4, -0.2) is 27.6 Å². The van der Waals surface area contributed by atoms with Gasteiger partial charge >= 0.3 is 17.8 Å². The predicted octanol–water partition coefficient (Wildman–Crippen LogP) is 0.175. The van der Waals surface area contributed by atoms with Gasteiger partial charge < -0.3 is 18.0 Å². The maximum Gasteiger partial charge on any atom is 0.490 e. The standard InChI is InChI=1S/C4H13O5PSi/c1-3-7-11(8-4-2)9-10(5)6/h10-11H,3-4H2,1-2H3,(H,5,6). The molecule has 0 fully saturated rings. The molecule has 0 radical (unpaired) electrons. The van der Waals surface area contributed by atoms with Crippen LogP contribution in [0.4, 0.5) is 0 Å². The van der Waals surface area contributed by atoms with E-state index in [-0.39, 0.29) is 0 Å². The Bertz CT molecular complexity index is 115. The summed E-state index contributed by atoms with van der Waals surface area (Å²) in [6.07, 6.45) is 0. The summed E-state index contributed by atoms with van der Waals surface area (Å²) in [5.41, 5.74) is 0. The summed E-state index contributed by atoms with van der Waals surface area (Å²) in [5.74, 6) is 0. The van der Waals surface area contributed by atoms with Crippen molar-refractivity contribution in [3.63, 3.8) is 0 Å². The van der Waals surface area contributed by atoms with Gasteiger partial charge in [0.2, 0.25) is 0 Å². The minimum Gasteiger partial charge on any atom is -0.376 e. The normalized spacial score (nSPS) is 13.8. The first kappa shape index (κ1) is 11.3. The summed E-state index contributed by atoms with van der Waals surface area (Å²) in [6.45, 7) is 4.42. The third-order valence-electron chi connectivity index (χ3n) is 0.803. The van der Waals surface area contributed by atoms with E-state index in [0.717, 1.165) is 0 Å². The monoisotopic (exact) mass is 200 g/mol. The van der Waals surface area contributed by atoms with Crippen LogP contribution in [-0.2, 0) is 17.6 Å². The van der Waals surface area contributed by atoms with Gasteiger partial charge in [-0.1, -0.05) is 0 Å². The molecule has 0 aliphatic carbocycles. The summed E-state index contributed by atoms with van der Waals surface area (Å²) in [7, 11) is -5.22. The molecule has 68 valence electrons. The zero-order valence-corrected chi connectivity index (χ0v) is 8.73. The first-order chi connectivity index (χ1) is 5.20. The molecule has 0 aromatic rings. The Balaban J connectivity index is 3.59. The van der Waals surface area contributed by atoms with Crippen LogP contribution in [0, 0.1) is 0 Å². The summed E-state index contributed by atoms with van der Waals surface area (Å²) in [5, 5.41) is 0. The van der Waals surface area contributed by atoms with Crippen LogP contribution in [0.25, 0.3) is 0 Å². The van der Waals surface area contributed by atoms with Crippen LogP contribution in [0.5, 0.6) is 0 Å². The molecule has 1 N–H and O–H groups in total. The summed E-state index contributed by atoms with van der Waals surface area (Å²) in [6, 6.07) is 0. The van der Waals surface area contributed by atoms with Crippen molar-refractivity contribution in [2.24, 2.45) is 0 Å². The Morgan fingerprint density at radius 2 is 1.82 bits per heavy atom. The van der Waals surface area contributed by atoms with Crippen molar-refractivity contribution in [2.45, 2.75) is 13.8 Å². The Morgan fingerprint density at radius 1 is 1.36 bits per heavy atom. The molecular formula is C4H13O5PSi. The average Bonchev–Trinajstić information content (AvgIpc) is 1.87. The van der Waals surface area contributed by atoms with Crippen LogP contribution >= 0.6 is 8.25 Å². The van der Waals surface area contributed by atoms with Crippen molar-refractivity contribution in [3.05, 3.63) is 0 Å². The lowest BCUT2D eigenvalue weighted by atomic mass is 10.9. The van der Waals surface area contributed by atoms with Gasteiger partial charge in [-0.25, -0.2) is 0 Å². The van der Waals surface area contributed by atoms with Gasteiger partial charge in [-0.3, -0.25) is 4.57 Å². The minimum atomic E-state index is -2.92. The molecule has 0 heterocycles. The van der Waals surface area contributed by atoms with Gasteiger partial charge in [0.15, 0.2) is 0 Å². The van der Waals surface area contributed by atoms with Gasteiger partial charge in [0, 0.05) is 13.2 Å². The van der Waals surface area contributed by atoms with Crippen LogP contribution < -0.4 is 0 Å². The predicted molar refractivity (Wildman–Crippen MR) is 42.7 cm³/mol. The van der Waals surface area contributed by atoms with Crippen molar-refractivity contribution in [1.29, 1.82) is 0 Å². The second-order valence-corrected chi connectivity index (χ2v) is 4.30. The van der Waals surface area contributed by atoms with Crippen LogP contribution in [0.3, 0.4) is 0 Å². The highest BCUT2D eigenvalue weighted by Gasteiger charge is 2.15. The van der Waals surface area contributed by atoms with Gasteiger partial charge in [0.1, 0.15) is 0 Å². The highest BCUT2D eigenvalue weighted by molar-refractivity contribution is 7.33. The van der Waals surface area contributed by atoms with E-state index in [4.69, 9.17) is 13.7 Å². The van der Waals surface area contributed by atoms with E-state index in [1.54, 1.807) is 13.8 Å². The lowest BCUT2D eigenvalue weighted by molar-refractivity contribution is 0.151. The zero-order valence-electron chi connectivity index (χ0n) is 6.57. The van der Waals surface area contributed by atoms with Gasteiger partial charge in [-0.15, -0.1) is 0 Å². The fourth-order valence-corrected chi connectivity index (χ4v) is 2.31. The molecular weight excluding hydrogens is 187 g/mol. The largest absolute Gasteiger partial charge is 0.490 e. The lowest BCUT2D eigenvalue weighted by Crippen LogP contribution is -2.24. The fourth-order valence-electron chi connectivity index (χ4n) is 0.471. The zero-order chi connectivity index (χ0) is 8.69. The van der Waals surface area contributed by atoms with E-state index in [2.05, 4.69) is 4.21 Å². The van der Waals surface area contributed by atoms with Gasteiger partial charge in [-0.05, 0) is 13.8 Å². The number of hydrogen-bond donors (Lipinski definition) is 1. The highest BCUT2D eigenvalue weighted by Crippen LogP contribution is 2.16. The number of rotatable bonds is 6. The molecule has 11 heavy (non-hydrogen) atoms. The van der Waals surface area contributed by atoms with Crippen molar-refractivity contribution in [3.8, 4) is 0 Å². The first-order valence-corrected chi connectivity index (χ1v) is 6.01. The minimum absolute atomic E-state index is 0.437. The topological polar surface area (TPSA) is 65.0 Å². The maximum absolute atomic E-state index is 10.2. The van der Waals surface area contributed by atoms with E-state index >= 15 is 0 Å². The van der Waals surface area contributed by atoms with E-state index < -0.39 is 17.8 Å². The molecule has 1 atom stereocenters. The molecule has 0 spiro atoms. The summed E-state index contributed by atoms with van der Waals surface area (Å²) < 4.78 is 24.6. The molecule has 5 nitrogen and oxygen atoms in total. The van der Waals surface area contributed by atoms with E-state index in [0.29, 0.717) is 13.2 Å². The molecule has 0 rings (SSSR count). The van der Waals surface area contributed by atoms with Crippen LogP contribution in [0.2, 0.25) is 0 Å². The lowest BCUT2D eigenvalue weighted by Gasteiger charge is -2.11. The molecule has 0 saturated heterocycles. The van der Waals surface area contributed by atoms with Crippen molar-refractivity contribution >= 4 is 17.8 Å². The Labute approximate surface area is 68.2 Å². The number of hydrogen-bond acceptors (Lipinski definition) is 4. The van der Waals surface area contributed by atoms with Crippen LogP contribution in [0.1, 0.15) is 13.8 Å². The molecule has 0 bridgehead atoms. The second-order valence-electron chi connectivity index (χ2n) is 1.58. The molecule has 0 saturated carbocycles. The molecule has 7 heteroatoms. The third-order valence-corrected chi connectivity index (χ3v) is 3.59. The molecule has 0 aliphatic heterocycles. The van der Waals surface area contributed by atoms with Gasteiger partial charge in [0.25, 0.3) is 0 Å². The SMILES string of the molecule is CCO[SiH](OCC)O[PH](=O)O. The highest BCUT2D eigenvalue weighted by atomic mass is 31.1. The van der Waals surface area contributed by atoms with Gasteiger partial charge in [-0.2, -0.15) is 0 Å². The Hall–Kier alpha value is 0.287. The Morgan fingerprint density at radius 3 is 2.09 bits per heavy atom. The van der Waals surface area contributed by atoms with Gasteiger partial charge in [0.05, 0.1) is 0 Å². The average molecular weight is 200 g/mol. The van der Waals surface area contributed by atoms with Crippen molar-refractivity contribution in [2.75, 3.05) is 13.2 Å². The Kier molecular flexibility index (Phi) is 7.15. The van der Waals surface area contributed by atoms with E-state index in [1.165, 1.54) is 0 Å². The molecule has 0 aromatic heterocycles. The van der Waals surface area contributed by atoms with Crippen molar-refractivity contribution < 1.29 is 22.5 Å².